The molecule has 178 valence electrons. The number of hydrogen-bond donors (Lipinski definition) is 3. The number of anilines is 2. The van der Waals surface area contributed by atoms with Gasteiger partial charge < -0.3 is 34.8 Å². The quantitative estimate of drug-likeness (QED) is 0.324. The SMILES string of the molecule is Nc1ccccc1NC(=O)C1=C[C@H](c2coc3ccccc3c2=O)C[C@H](OCCOCCO)O1. The molecule has 0 saturated heterocycles. The summed E-state index contributed by atoms with van der Waals surface area (Å²) in [5.74, 6) is -0.988. The van der Waals surface area contributed by atoms with E-state index in [1.54, 1.807) is 54.6 Å². The summed E-state index contributed by atoms with van der Waals surface area (Å²) >= 11 is 0. The lowest BCUT2D eigenvalue weighted by atomic mass is 9.93. The molecule has 2 aromatic carbocycles. The van der Waals surface area contributed by atoms with Crippen LogP contribution in [0.25, 0.3) is 11.0 Å². The van der Waals surface area contributed by atoms with Crippen molar-refractivity contribution in [3.8, 4) is 0 Å². The molecule has 0 saturated carbocycles. The van der Waals surface area contributed by atoms with Crippen LogP contribution >= 0.6 is 0 Å². The number of carbonyl (C=O) groups is 1. The first-order valence-corrected chi connectivity index (χ1v) is 10.9. The van der Waals surface area contributed by atoms with Gasteiger partial charge in [-0.3, -0.25) is 9.59 Å². The van der Waals surface area contributed by atoms with Crippen molar-refractivity contribution in [3.63, 3.8) is 0 Å². The summed E-state index contributed by atoms with van der Waals surface area (Å²) in [4.78, 5) is 26.1. The maximum Gasteiger partial charge on any atom is 0.290 e. The Labute approximate surface area is 195 Å². The predicted molar refractivity (Wildman–Crippen MR) is 126 cm³/mol. The molecule has 34 heavy (non-hydrogen) atoms. The van der Waals surface area contributed by atoms with Crippen LogP contribution in [0.4, 0.5) is 11.4 Å². The van der Waals surface area contributed by atoms with Gasteiger partial charge in [0.2, 0.25) is 6.29 Å². The van der Waals surface area contributed by atoms with Crippen molar-refractivity contribution in [1.29, 1.82) is 0 Å². The number of fused-ring (bicyclic) bond motifs is 1. The van der Waals surface area contributed by atoms with E-state index in [1.165, 1.54) is 6.26 Å². The second-order valence-corrected chi connectivity index (χ2v) is 7.68. The Morgan fingerprint density at radius 3 is 2.74 bits per heavy atom. The lowest BCUT2D eigenvalue weighted by Crippen LogP contribution is -2.31. The van der Waals surface area contributed by atoms with Gasteiger partial charge in [0.25, 0.3) is 5.91 Å². The topological polar surface area (TPSA) is 133 Å². The summed E-state index contributed by atoms with van der Waals surface area (Å²) < 4.78 is 22.4. The zero-order chi connectivity index (χ0) is 23.9. The highest BCUT2D eigenvalue weighted by atomic mass is 16.7. The van der Waals surface area contributed by atoms with Gasteiger partial charge >= 0.3 is 0 Å². The second-order valence-electron chi connectivity index (χ2n) is 7.68. The smallest absolute Gasteiger partial charge is 0.290 e. The average Bonchev–Trinajstić information content (AvgIpc) is 2.85. The van der Waals surface area contributed by atoms with Gasteiger partial charge in [0.05, 0.1) is 49.5 Å². The van der Waals surface area contributed by atoms with Gasteiger partial charge in [-0.1, -0.05) is 24.3 Å². The molecule has 1 aliphatic heterocycles. The molecule has 0 radical (unpaired) electrons. The Balaban J connectivity index is 1.60. The minimum Gasteiger partial charge on any atom is -0.464 e. The first-order valence-electron chi connectivity index (χ1n) is 10.9. The predicted octanol–water partition coefficient (Wildman–Crippen LogP) is 2.75. The second kappa shape index (κ2) is 11.0. The molecule has 3 aromatic rings. The van der Waals surface area contributed by atoms with Crippen LogP contribution in [0, 0.1) is 0 Å². The maximum absolute atomic E-state index is 13.1. The summed E-state index contributed by atoms with van der Waals surface area (Å²) in [5, 5.41) is 12.0. The number of benzene rings is 2. The zero-order valence-corrected chi connectivity index (χ0v) is 18.4. The van der Waals surface area contributed by atoms with Crippen LogP contribution in [0.5, 0.6) is 0 Å². The fourth-order valence-corrected chi connectivity index (χ4v) is 3.68. The molecule has 1 amide bonds. The van der Waals surface area contributed by atoms with Crippen LogP contribution in [0.1, 0.15) is 17.9 Å². The molecule has 4 rings (SSSR count). The number of amides is 1. The van der Waals surface area contributed by atoms with Crippen molar-refractivity contribution < 1.29 is 28.5 Å². The highest BCUT2D eigenvalue weighted by molar-refractivity contribution is 6.04. The first-order chi connectivity index (χ1) is 16.6. The van der Waals surface area contributed by atoms with E-state index < -0.39 is 18.1 Å². The molecule has 0 bridgehead atoms. The molecule has 0 aliphatic carbocycles. The van der Waals surface area contributed by atoms with Crippen molar-refractivity contribution in [3.05, 3.63) is 82.4 Å². The molecule has 1 aliphatic rings. The molecule has 0 spiro atoms. The molecular weight excluding hydrogens is 440 g/mol. The average molecular weight is 466 g/mol. The van der Waals surface area contributed by atoms with Crippen LogP contribution in [0.15, 0.2) is 75.8 Å². The Bertz CT molecular complexity index is 1240. The standard InChI is InChI=1S/C25H26N2O7/c26-19-6-2-3-7-20(19)27-25(30)22-13-16(14-23(34-22)32-12-11-31-10-9-28)18-15-33-21-8-4-1-5-17(21)24(18)29/h1-8,13,15-16,23,28H,9-12,14,26H2,(H,27,30)/t16-,23+/m0/s1. The number of aliphatic hydroxyl groups is 1. The van der Waals surface area contributed by atoms with Gasteiger partial charge in [0.15, 0.2) is 11.2 Å². The van der Waals surface area contributed by atoms with E-state index in [9.17, 15) is 9.59 Å². The van der Waals surface area contributed by atoms with Gasteiger partial charge in [0, 0.05) is 17.9 Å². The Morgan fingerprint density at radius 2 is 1.91 bits per heavy atom. The number of rotatable bonds is 9. The van der Waals surface area contributed by atoms with E-state index in [-0.39, 0.29) is 37.6 Å². The number of ether oxygens (including phenoxy) is 3. The molecule has 9 heteroatoms. The van der Waals surface area contributed by atoms with E-state index in [4.69, 9.17) is 29.5 Å². The van der Waals surface area contributed by atoms with Gasteiger partial charge in [-0.2, -0.15) is 0 Å². The Hall–Kier alpha value is -3.66. The molecule has 1 aromatic heterocycles. The molecule has 2 heterocycles. The van der Waals surface area contributed by atoms with Crippen LogP contribution in [-0.2, 0) is 19.0 Å². The number of nitrogens with two attached hydrogens (primary N) is 1. The van der Waals surface area contributed by atoms with Crippen molar-refractivity contribution in [2.45, 2.75) is 18.6 Å². The number of nitrogens with one attached hydrogen (secondary N) is 1. The fraction of sp³-hybridized carbons (Fsp3) is 0.280. The van der Waals surface area contributed by atoms with Crippen LogP contribution in [0.3, 0.4) is 0 Å². The van der Waals surface area contributed by atoms with Crippen LogP contribution in [0.2, 0.25) is 0 Å². The van der Waals surface area contributed by atoms with Gasteiger partial charge in [-0.05, 0) is 30.3 Å². The molecule has 9 nitrogen and oxygen atoms in total. The number of nitrogen functional groups attached to an aromatic ring is 1. The third-order valence-electron chi connectivity index (χ3n) is 5.36. The van der Waals surface area contributed by atoms with E-state index in [1.807, 2.05) is 0 Å². The van der Waals surface area contributed by atoms with E-state index in [0.717, 1.165) is 0 Å². The van der Waals surface area contributed by atoms with Crippen LogP contribution < -0.4 is 16.5 Å². The van der Waals surface area contributed by atoms with E-state index in [2.05, 4.69) is 5.32 Å². The maximum atomic E-state index is 13.1. The zero-order valence-electron chi connectivity index (χ0n) is 18.4. The monoisotopic (exact) mass is 466 g/mol. The van der Waals surface area contributed by atoms with E-state index in [0.29, 0.717) is 34.3 Å². The largest absolute Gasteiger partial charge is 0.464 e. The minimum atomic E-state index is -0.799. The van der Waals surface area contributed by atoms with Gasteiger partial charge in [0.1, 0.15) is 5.58 Å². The molecule has 0 unspecified atom stereocenters. The number of aliphatic hydroxyl groups excluding tert-OH is 1. The molecule has 2 atom stereocenters. The van der Waals surface area contributed by atoms with Crippen molar-refractivity contribution in [1.82, 2.24) is 0 Å². The third kappa shape index (κ3) is 5.45. The summed E-state index contributed by atoms with van der Waals surface area (Å²) in [5.41, 5.74) is 7.50. The summed E-state index contributed by atoms with van der Waals surface area (Å²) in [6.45, 7) is 0.538. The van der Waals surface area contributed by atoms with Crippen molar-refractivity contribution in [2.75, 3.05) is 37.5 Å². The Morgan fingerprint density at radius 1 is 1.12 bits per heavy atom. The first kappa shape index (κ1) is 23.5. The normalized spacial score (nSPS) is 17.7. The summed E-state index contributed by atoms with van der Waals surface area (Å²) in [6, 6.07) is 13.9. The van der Waals surface area contributed by atoms with Crippen molar-refractivity contribution >= 4 is 28.3 Å². The van der Waals surface area contributed by atoms with Gasteiger partial charge in [-0.15, -0.1) is 0 Å². The lowest BCUT2D eigenvalue weighted by Gasteiger charge is -2.29. The lowest BCUT2D eigenvalue weighted by molar-refractivity contribution is -0.148. The summed E-state index contributed by atoms with van der Waals surface area (Å²) in [7, 11) is 0. The highest BCUT2D eigenvalue weighted by Gasteiger charge is 2.31. The highest BCUT2D eigenvalue weighted by Crippen LogP contribution is 2.31. The van der Waals surface area contributed by atoms with E-state index >= 15 is 0 Å². The Kier molecular flexibility index (Phi) is 7.58. The van der Waals surface area contributed by atoms with Crippen LogP contribution in [-0.4, -0.2) is 43.7 Å². The fourth-order valence-electron chi connectivity index (χ4n) is 3.68. The minimum absolute atomic E-state index is 0.00772. The number of hydrogen-bond acceptors (Lipinski definition) is 8. The molecule has 4 N–H and O–H groups in total. The summed E-state index contributed by atoms with van der Waals surface area (Å²) in [6.07, 6.45) is 2.52. The number of carbonyl (C=O) groups excluding carboxylic acids is 1. The number of para-hydroxylation sites is 3. The number of allylic oxidation sites excluding steroid dienone is 1. The van der Waals surface area contributed by atoms with Gasteiger partial charge in [-0.25, -0.2) is 0 Å². The molecular formula is C25H26N2O7. The molecule has 0 fully saturated rings. The van der Waals surface area contributed by atoms with Crippen molar-refractivity contribution in [2.24, 2.45) is 0 Å². The third-order valence-corrected chi connectivity index (χ3v) is 5.36.